The van der Waals surface area contributed by atoms with Gasteiger partial charge in [0.2, 0.25) is 5.91 Å². The molecule has 2 aromatic rings. The molecule has 0 aliphatic rings. The minimum atomic E-state index is -0.541. The quantitative estimate of drug-likeness (QED) is 0.527. The van der Waals surface area contributed by atoms with E-state index in [9.17, 15) is 14.4 Å². The van der Waals surface area contributed by atoms with Crippen molar-refractivity contribution in [2.45, 2.75) is 18.4 Å². The van der Waals surface area contributed by atoms with Crippen LogP contribution in [0.5, 0.6) is 0 Å². The topological polar surface area (TPSA) is 68.6 Å². The van der Waals surface area contributed by atoms with Crippen LogP contribution in [0, 0.1) is 0 Å². The van der Waals surface area contributed by atoms with E-state index in [2.05, 4.69) is 0 Å². The summed E-state index contributed by atoms with van der Waals surface area (Å²) in [7, 11) is 3.24. The second kappa shape index (κ2) is 9.57. The van der Waals surface area contributed by atoms with Gasteiger partial charge in [0.25, 0.3) is 5.56 Å². The first-order valence-corrected chi connectivity index (χ1v) is 10.3. The van der Waals surface area contributed by atoms with E-state index < -0.39 is 5.97 Å². The third-order valence-electron chi connectivity index (χ3n) is 3.67. The number of amides is 1. The molecule has 6 nitrogen and oxygen atoms in total. The number of rotatable bonds is 6. The summed E-state index contributed by atoms with van der Waals surface area (Å²) in [5.74, 6) is -0.773. The molecule has 2 rings (SSSR count). The SMILES string of the molecule is CCOC(=O)/C=c1/s/c(=C\c2ccc(SC)cc2)c(=O)n1CC(=O)N(C)C. The fraction of sp³-hybridized carbons (Fsp3) is 0.316. The van der Waals surface area contributed by atoms with Crippen LogP contribution in [0.15, 0.2) is 34.0 Å². The van der Waals surface area contributed by atoms with Crippen LogP contribution in [0.4, 0.5) is 0 Å². The van der Waals surface area contributed by atoms with Crippen molar-refractivity contribution in [3.05, 3.63) is 49.4 Å². The highest BCUT2D eigenvalue weighted by atomic mass is 32.2. The first kappa shape index (κ1) is 21.0. The molecule has 8 heteroatoms. The van der Waals surface area contributed by atoms with Crippen LogP contribution in [0.1, 0.15) is 12.5 Å². The van der Waals surface area contributed by atoms with Gasteiger partial charge in [-0.25, -0.2) is 4.79 Å². The number of nitrogens with zero attached hydrogens (tertiary/aromatic N) is 2. The number of thiazole rings is 1. The molecule has 27 heavy (non-hydrogen) atoms. The Balaban J connectivity index is 2.57. The molecule has 0 saturated heterocycles. The summed E-state index contributed by atoms with van der Waals surface area (Å²) in [4.78, 5) is 39.3. The van der Waals surface area contributed by atoms with E-state index in [1.165, 1.54) is 15.5 Å². The van der Waals surface area contributed by atoms with Crippen molar-refractivity contribution >= 4 is 47.1 Å². The molecule has 1 heterocycles. The third kappa shape index (κ3) is 5.58. The number of esters is 1. The maximum Gasteiger partial charge on any atom is 0.333 e. The predicted octanol–water partition coefficient (Wildman–Crippen LogP) is 0.892. The van der Waals surface area contributed by atoms with Gasteiger partial charge in [0.05, 0.1) is 17.2 Å². The molecule has 0 aliphatic heterocycles. The van der Waals surface area contributed by atoms with E-state index in [4.69, 9.17) is 4.74 Å². The van der Waals surface area contributed by atoms with Gasteiger partial charge in [-0.15, -0.1) is 23.1 Å². The van der Waals surface area contributed by atoms with Crippen molar-refractivity contribution in [3.63, 3.8) is 0 Å². The van der Waals surface area contributed by atoms with Crippen LogP contribution in [-0.4, -0.2) is 48.3 Å². The molecular weight excluding hydrogens is 384 g/mol. The molecule has 0 radical (unpaired) electrons. The van der Waals surface area contributed by atoms with Crippen molar-refractivity contribution in [1.82, 2.24) is 9.47 Å². The number of ether oxygens (including phenoxy) is 1. The maximum absolute atomic E-state index is 12.8. The Bertz CT molecular complexity index is 988. The second-order valence-corrected chi connectivity index (χ2v) is 7.74. The maximum atomic E-state index is 12.8. The highest BCUT2D eigenvalue weighted by Crippen LogP contribution is 2.14. The molecule has 0 unspecified atom stereocenters. The Morgan fingerprint density at radius 1 is 1.26 bits per heavy atom. The smallest absolute Gasteiger partial charge is 0.333 e. The molecule has 0 aliphatic carbocycles. The van der Waals surface area contributed by atoms with Gasteiger partial charge in [-0.1, -0.05) is 12.1 Å². The first-order chi connectivity index (χ1) is 12.8. The average molecular weight is 407 g/mol. The predicted molar refractivity (Wildman–Crippen MR) is 109 cm³/mol. The van der Waals surface area contributed by atoms with Crippen LogP contribution >= 0.6 is 23.1 Å². The summed E-state index contributed by atoms with van der Waals surface area (Å²) >= 11 is 2.80. The molecule has 0 atom stereocenters. The Morgan fingerprint density at radius 3 is 2.48 bits per heavy atom. The number of hydrogen-bond acceptors (Lipinski definition) is 6. The van der Waals surface area contributed by atoms with Crippen LogP contribution in [-0.2, 0) is 20.9 Å². The zero-order valence-electron chi connectivity index (χ0n) is 15.7. The second-order valence-electron chi connectivity index (χ2n) is 5.80. The van der Waals surface area contributed by atoms with Crippen molar-refractivity contribution in [1.29, 1.82) is 0 Å². The summed E-state index contributed by atoms with van der Waals surface area (Å²) < 4.78 is 7.09. The molecule has 1 aromatic heterocycles. The minimum Gasteiger partial charge on any atom is -0.463 e. The van der Waals surface area contributed by atoms with Gasteiger partial charge in [0, 0.05) is 19.0 Å². The van der Waals surface area contributed by atoms with Crippen LogP contribution in [0.25, 0.3) is 12.2 Å². The Kier molecular flexibility index (Phi) is 7.44. The Morgan fingerprint density at radius 2 is 1.93 bits per heavy atom. The van der Waals surface area contributed by atoms with Crippen molar-refractivity contribution < 1.29 is 14.3 Å². The van der Waals surface area contributed by atoms with Gasteiger partial charge in [-0.05, 0) is 37.0 Å². The minimum absolute atomic E-state index is 0.132. The van der Waals surface area contributed by atoms with Crippen LogP contribution in [0.2, 0.25) is 0 Å². The number of benzene rings is 1. The Labute approximate surface area is 165 Å². The number of carbonyl (C=O) groups is 2. The third-order valence-corrected chi connectivity index (χ3v) is 5.47. The number of likely N-dealkylation sites (N-methyl/N-ethyl adjacent to an activating group) is 1. The number of hydrogen-bond donors (Lipinski definition) is 0. The summed E-state index contributed by atoms with van der Waals surface area (Å²) in [6.45, 7) is 1.81. The fourth-order valence-corrected chi connectivity index (χ4v) is 3.64. The average Bonchev–Trinajstić information content (AvgIpc) is 2.91. The van der Waals surface area contributed by atoms with E-state index in [1.54, 1.807) is 38.9 Å². The Hall–Kier alpha value is -2.32. The van der Waals surface area contributed by atoms with Gasteiger partial charge in [-0.3, -0.25) is 14.2 Å². The van der Waals surface area contributed by atoms with E-state index >= 15 is 0 Å². The molecule has 0 spiro atoms. The molecule has 0 N–H and O–H groups in total. The standard InChI is InChI=1S/C19H22N2O4S2/c1-5-25-18(23)11-17-21(12-16(22)20(2)3)19(24)15(27-17)10-13-6-8-14(26-4)9-7-13/h6-11H,5,12H2,1-4H3/b15-10-,17-11+. The molecule has 1 amide bonds. The summed E-state index contributed by atoms with van der Waals surface area (Å²) in [6.07, 6.45) is 5.01. The zero-order valence-corrected chi connectivity index (χ0v) is 17.4. The monoisotopic (exact) mass is 406 g/mol. The van der Waals surface area contributed by atoms with E-state index in [0.29, 0.717) is 9.20 Å². The summed E-state index contributed by atoms with van der Waals surface area (Å²) in [5.41, 5.74) is 0.569. The molecule has 0 saturated carbocycles. The van der Waals surface area contributed by atoms with E-state index in [0.717, 1.165) is 21.8 Å². The van der Waals surface area contributed by atoms with Crippen molar-refractivity contribution in [3.8, 4) is 0 Å². The highest BCUT2D eigenvalue weighted by molar-refractivity contribution is 7.98. The van der Waals surface area contributed by atoms with E-state index in [1.807, 2.05) is 30.5 Å². The van der Waals surface area contributed by atoms with Gasteiger partial charge in [0.15, 0.2) is 0 Å². The molecule has 144 valence electrons. The lowest BCUT2D eigenvalue weighted by molar-refractivity contribution is -0.135. The van der Waals surface area contributed by atoms with Crippen molar-refractivity contribution in [2.75, 3.05) is 27.0 Å². The molecule has 0 bridgehead atoms. The summed E-state index contributed by atoms with van der Waals surface area (Å²) in [6, 6.07) is 7.80. The lowest BCUT2D eigenvalue weighted by atomic mass is 10.2. The molecular formula is C19H22N2O4S2. The van der Waals surface area contributed by atoms with Gasteiger partial charge in [-0.2, -0.15) is 0 Å². The number of thioether (sulfide) groups is 1. The fourth-order valence-electron chi connectivity index (χ4n) is 2.21. The first-order valence-electron chi connectivity index (χ1n) is 8.29. The zero-order chi connectivity index (χ0) is 20.0. The lowest BCUT2D eigenvalue weighted by Gasteiger charge is -2.10. The van der Waals surface area contributed by atoms with Crippen LogP contribution < -0.4 is 14.8 Å². The van der Waals surface area contributed by atoms with Crippen molar-refractivity contribution in [2.24, 2.45) is 0 Å². The van der Waals surface area contributed by atoms with Gasteiger partial charge >= 0.3 is 5.97 Å². The molecule has 1 aromatic carbocycles. The largest absolute Gasteiger partial charge is 0.463 e. The number of aromatic nitrogens is 1. The normalized spacial score (nSPS) is 12.3. The summed E-state index contributed by atoms with van der Waals surface area (Å²) in [5, 5.41) is 0. The van der Waals surface area contributed by atoms with Gasteiger partial charge in [0.1, 0.15) is 11.2 Å². The van der Waals surface area contributed by atoms with Crippen LogP contribution in [0.3, 0.4) is 0 Å². The van der Waals surface area contributed by atoms with Gasteiger partial charge < -0.3 is 9.64 Å². The molecule has 0 fully saturated rings. The number of carbonyl (C=O) groups excluding carboxylic acids is 2. The highest BCUT2D eigenvalue weighted by Gasteiger charge is 2.12. The van der Waals surface area contributed by atoms with E-state index in [-0.39, 0.29) is 24.6 Å². The lowest BCUT2D eigenvalue weighted by Crippen LogP contribution is -2.38.